The van der Waals surface area contributed by atoms with Crippen molar-refractivity contribution in [3.63, 3.8) is 0 Å². The Kier molecular flexibility index (Phi) is 5.81. The summed E-state index contributed by atoms with van der Waals surface area (Å²) in [6.45, 7) is 3.54. The monoisotopic (exact) mass is 419 g/mol. The molecule has 1 heterocycles. The number of carbonyl (C=O) groups excluding carboxylic acids is 3. The van der Waals surface area contributed by atoms with Crippen molar-refractivity contribution in [2.24, 2.45) is 0 Å². The third kappa shape index (κ3) is 4.20. The van der Waals surface area contributed by atoms with E-state index in [4.69, 9.17) is 0 Å². The van der Waals surface area contributed by atoms with Crippen LogP contribution in [-0.4, -0.2) is 29.3 Å². The molecular weight excluding hydrogens is 390 g/mol. The molecule has 1 aliphatic carbocycles. The summed E-state index contributed by atoms with van der Waals surface area (Å²) < 4.78 is 0. The number of carbonyl (C=O) groups is 3. The summed E-state index contributed by atoms with van der Waals surface area (Å²) in [5, 5.41) is 5.57. The number of fused-ring (bicyclic) bond motifs is 1. The molecule has 162 valence electrons. The number of benzene rings is 2. The number of hydrogen-bond acceptors (Lipinski definition) is 3. The van der Waals surface area contributed by atoms with E-state index in [1.807, 2.05) is 42.5 Å². The number of aryl methyl sites for hydroxylation is 3. The minimum Gasteiger partial charge on any atom is -0.325 e. The summed E-state index contributed by atoms with van der Waals surface area (Å²) in [7, 11) is 0. The maximum absolute atomic E-state index is 13.1. The van der Waals surface area contributed by atoms with Gasteiger partial charge in [-0.25, -0.2) is 4.79 Å². The molecule has 0 aromatic heterocycles. The smallest absolute Gasteiger partial charge is 0.325 e. The van der Waals surface area contributed by atoms with Crippen LogP contribution >= 0.6 is 0 Å². The van der Waals surface area contributed by atoms with Crippen molar-refractivity contribution >= 4 is 23.5 Å². The Morgan fingerprint density at radius 2 is 1.84 bits per heavy atom. The van der Waals surface area contributed by atoms with Gasteiger partial charge in [0.15, 0.2) is 0 Å². The van der Waals surface area contributed by atoms with Crippen LogP contribution in [-0.2, 0) is 34.4 Å². The number of anilines is 1. The van der Waals surface area contributed by atoms with Crippen LogP contribution in [0.3, 0.4) is 0 Å². The lowest BCUT2D eigenvalue weighted by molar-refractivity contribution is -0.133. The van der Waals surface area contributed by atoms with Gasteiger partial charge in [-0.2, -0.15) is 0 Å². The summed E-state index contributed by atoms with van der Waals surface area (Å²) in [4.78, 5) is 39.2. The lowest BCUT2D eigenvalue weighted by Crippen LogP contribution is -2.42. The first-order valence-electron chi connectivity index (χ1n) is 11.1. The number of amides is 4. The first kappa shape index (κ1) is 21.1. The Hall–Kier alpha value is -3.15. The number of nitrogens with one attached hydrogen (secondary N) is 2. The third-order valence-corrected chi connectivity index (χ3v) is 6.31. The van der Waals surface area contributed by atoms with Gasteiger partial charge < -0.3 is 10.6 Å². The normalized spacial score (nSPS) is 20.0. The van der Waals surface area contributed by atoms with E-state index in [1.165, 1.54) is 16.7 Å². The summed E-state index contributed by atoms with van der Waals surface area (Å²) in [5.74, 6) is -0.802. The topological polar surface area (TPSA) is 78.5 Å². The van der Waals surface area contributed by atoms with E-state index in [2.05, 4.69) is 17.6 Å². The van der Waals surface area contributed by atoms with Crippen LogP contribution in [0.5, 0.6) is 0 Å². The zero-order valence-corrected chi connectivity index (χ0v) is 18.2. The molecule has 0 saturated carbocycles. The summed E-state index contributed by atoms with van der Waals surface area (Å²) in [6.07, 6.45) is 6.43. The second-order valence-corrected chi connectivity index (χ2v) is 8.63. The van der Waals surface area contributed by atoms with Crippen molar-refractivity contribution < 1.29 is 14.4 Å². The minimum absolute atomic E-state index is 0.317. The molecular formula is C25H29N3O3. The number of rotatable bonds is 7. The molecule has 4 rings (SSSR count). The number of urea groups is 1. The van der Waals surface area contributed by atoms with Gasteiger partial charge in [0.1, 0.15) is 12.1 Å². The van der Waals surface area contributed by atoms with Gasteiger partial charge in [0, 0.05) is 5.69 Å². The molecule has 0 unspecified atom stereocenters. The summed E-state index contributed by atoms with van der Waals surface area (Å²) in [6, 6.07) is 13.1. The maximum Gasteiger partial charge on any atom is 0.325 e. The highest BCUT2D eigenvalue weighted by Crippen LogP contribution is 2.32. The van der Waals surface area contributed by atoms with Crippen molar-refractivity contribution in [1.29, 1.82) is 0 Å². The van der Waals surface area contributed by atoms with Crippen LogP contribution in [0.4, 0.5) is 10.5 Å². The molecule has 2 aromatic carbocycles. The number of unbranched alkanes of at least 4 members (excludes halogenated alkanes) is 1. The lowest BCUT2D eigenvalue weighted by Gasteiger charge is -2.23. The molecule has 1 saturated heterocycles. The highest BCUT2D eigenvalue weighted by molar-refractivity contribution is 6.10. The largest absolute Gasteiger partial charge is 0.325 e. The van der Waals surface area contributed by atoms with Crippen molar-refractivity contribution in [3.8, 4) is 0 Å². The maximum atomic E-state index is 13.1. The molecule has 6 nitrogen and oxygen atoms in total. The van der Waals surface area contributed by atoms with Gasteiger partial charge in [-0.3, -0.25) is 14.5 Å². The van der Waals surface area contributed by atoms with E-state index in [0.717, 1.165) is 49.0 Å². The molecule has 1 aliphatic heterocycles. The second-order valence-electron chi connectivity index (χ2n) is 8.63. The molecule has 1 atom stereocenters. The number of imide groups is 1. The zero-order valence-electron chi connectivity index (χ0n) is 18.2. The molecule has 2 aromatic rings. The van der Waals surface area contributed by atoms with Crippen LogP contribution in [0, 0.1) is 0 Å². The van der Waals surface area contributed by atoms with Gasteiger partial charge >= 0.3 is 6.03 Å². The summed E-state index contributed by atoms with van der Waals surface area (Å²) >= 11 is 0. The highest BCUT2D eigenvalue weighted by Gasteiger charge is 2.49. The Morgan fingerprint density at radius 1 is 1.10 bits per heavy atom. The first-order chi connectivity index (χ1) is 14.9. The highest BCUT2D eigenvalue weighted by atomic mass is 16.2. The SMILES string of the molecule is CCCCc1ccc(NC(=O)CN2C(=O)N[C@](C)(c3ccc4c(c3)CCC4)C2=O)cc1. The van der Waals surface area contributed by atoms with E-state index < -0.39 is 23.4 Å². The first-order valence-corrected chi connectivity index (χ1v) is 11.1. The lowest BCUT2D eigenvalue weighted by atomic mass is 9.89. The predicted octanol–water partition coefficient (Wildman–Crippen LogP) is 3.92. The molecule has 31 heavy (non-hydrogen) atoms. The zero-order chi connectivity index (χ0) is 22.0. The predicted molar refractivity (Wildman–Crippen MR) is 120 cm³/mol. The van der Waals surface area contributed by atoms with Gasteiger partial charge in [0.05, 0.1) is 0 Å². The van der Waals surface area contributed by atoms with Crippen LogP contribution < -0.4 is 10.6 Å². The van der Waals surface area contributed by atoms with Gasteiger partial charge in [-0.1, -0.05) is 43.7 Å². The van der Waals surface area contributed by atoms with Crippen molar-refractivity contribution in [2.45, 2.75) is 57.9 Å². The average Bonchev–Trinajstić information content (AvgIpc) is 3.31. The minimum atomic E-state index is -1.16. The number of nitrogens with zero attached hydrogens (tertiary/aromatic N) is 1. The molecule has 6 heteroatoms. The third-order valence-electron chi connectivity index (χ3n) is 6.31. The van der Waals surface area contributed by atoms with E-state index >= 15 is 0 Å². The van der Waals surface area contributed by atoms with Crippen LogP contribution in [0.25, 0.3) is 0 Å². The Balaban J connectivity index is 1.42. The standard InChI is InChI=1S/C25H29N3O3/c1-3-4-6-17-9-13-21(14-10-17)26-22(29)16-28-23(30)25(2,27-24(28)31)20-12-11-18-7-5-8-19(18)15-20/h9-15H,3-8,16H2,1-2H3,(H,26,29)(H,27,31)/t25-/m1/s1. The molecule has 0 spiro atoms. The van der Waals surface area contributed by atoms with Crippen molar-refractivity contribution in [2.75, 3.05) is 11.9 Å². The molecule has 1 fully saturated rings. The second kappa shape index (κ2) is 8.53. The molecule has 2 N–H and O–H groups in total. The quantitative estimate of drug-likeness (QED) is 0.668. The van der Waals surface area contributed by atoms with E-state index in [-0.39, 0.29) is 6.54 Å². The van der Waals surface area contributed by atoms with Crippen molar-refractivity contribution in [3.05, 3.63) is 64.7 Å². The average molecular weight is 420 g/mol. The Bertz CT molecular complexity index is 1020. The van der Waals surface area contributed by atoms with Crippen LogP contribution in [0.15, 0.2) is 42.5 Å². The molecule has 2 aliphatic rings. The van der Waals surface area contributed by atoms with Gasteiger partial charge in [-0.05, 0) is 73.4 Å². The van der Waals surface area contributed by atoms with Gasteiger partial charge in [0.25, 0.3) is 5.91 Å². The van der Waals surface area contributed by atoms with E-state index in [1.54, 1.807) is 6.92 Å². The van der Waals surface area contributed by atoms with Crippen molar-refractivity contribution in [1.82, 2.24) is 10.2 Å². The fourth-order valence-electron chi connectivity index (χ4n) is 4.40. The fraction of sp³-hybridized carbons (Fsp3) is 0.400. The van der Waals surface area contributed by atoms with Gasteiger partial charge in [0.2, 0.25) is 5.91 Å². The van der Waals surface area contributed by atoms with E-state index in [9.17, 15) is 14.4 Å². The van der Waals surface area contributed by atoms with E-state index in [0.29, 0.717) is 5.69 Å². The molecule has 0 bridgehead atoms. The number of hydrogen-bond donors (Lipinski definition) is 2. The van der Waals surface area contributed by atoms with Crippen LogP contribution in [0.1, 0.15) is 55.4 Å². The van der Waals surface area contributed by atoms with Gasteiger partial charge in [-0.15, -0.1) is 0 Å². The summed E-state index contributed by atoms with van der Waals surface area (Å²) in [5.41, 5.74) is 4.02. The fourth-order valence-corrected chi connectivity index (χ4v) is 4.40. The molecule has 4 amide bonds. The Labute approximate surface area is 183 Å². The van der Waals surface area contributed by atoms with Crippen LogP contribution in [0.2, 0.25) is 0 Å². The molecule has 0 radical (unpaired) electrons. The Morgan fingerprint density at radius 3 is 2.58 bits per heavy atom.